The summed E-state index contributed by atoms with van der Waals surface area (Å²) in [4.78, 5) is 12.3. The Balaban J connectivity index is 1.71. The molecule has 3 aromatic rings. The molecule has 0 aliphatic carbocycles. The van der Waals surface area contributed by atoms with Gasteiger partial charge in [0, 0.05) is 5.02 Å². The van der Waals surface area contributed by atoms with E-state index in [1.54, 1.807) is 16.8 Å². The Morgan fingerprint density at radius 3 is 2.65 bits per heavy atom. The van der Waals surface area contributed by atoms with E-state index in [0.29, 0.717) is 23.0 Å². The summed E-state index contributed by atoms with van der Waals surface area (Å²) >= 11 is 11.9. The molecule has 1 N–H and O–H groups in total. The van der Waals surface area contributed by atoms with Crippen molar-refractivity contribution in [2.75, 3.05) is 6.61 Å². The summed E-state index contributed by atoms with van der Waals surface area (Å²) in [5.74, 6) is 0.900. The second-order valence-corrected chi connectivity index (χ2v) is 6.08. The number of amides is 1. The number of ether oxygens (including phenoxy) is 1. The summed E-state index contributed by atoms with van der Waals surface area (Å²) in [6, 6.07) is 12.0. The number of hydrogen-bond donors (Lipinski definition) is 1. The summed E-state index contributed by atoms with van der Waals surface area (Å²) in [5.41, 5.74) is 1.09. The highest BCUT2D eigenvalue weighted by Crippen LogP contribution is 2.21. The molecule has 0 bridgehead atoms. The van der Waals surface area contributed by atoms with Crippen molar-refractivity contribution in [3.8, 4) is 11.4 Å². The lowest BCUT2D eigenvalue weighted by atomic mass is 10.2. The van der Waals surface area contributed by atoms with E-state index < -0.39 is 0 Å². The summed E-state index contributed by atoms with van der Waals surface area (Å²) in [5, 5.41) is 15.1. The van der Waals surface area contributed by atoms with Crippen LogP contribution in [0.1, 0.15) is 23.1 Å². The molecule has 0 atom stereocenters. The van der Waals surface area contributed by atoms with Gasteiger partial charge in [-0.2, -0.15) is 4.68 Å². The number of benzene rings is 2. The molecule has 0 aliphatic rings. The maximum atomic E-state index is 12.3. The monoisotopic (exact) mass is 391 g/mol. The van der Waals surface area contributed by atoms with Crippen LogP contribution in [0, 0.1) is 0 Å². The Morgan fingerprint density at radius 2 is 1.96 bits per heavy atom. The standard InChI is InChI=1S/C17H15Cl2N5O2/c1-2-26-13-6-4-12(5-7-13)24-16(21-22-23-24)10-20-17(25)14-8-3-11(18)9-15(14)19/h3-9H,2,10H2,1H3,(H,20,25). The number of tetrazole rings is 1. The van der Waals surface area contributed by atoms with Gasteiger partial charge in [-0.15, -0.1) is 5.10 Å². The van der Waals surface area contributed by atoms with Crippen LogP contribution in [0.5, 0.6) is 5.75 Å². The number of aromatic nitrogens is 4. The summed E-state index contributed by atoms with van der Waals surface area (Å²) in [6.07, 6.45) is 0. The fraction of sp³-hybridized carbons (Fsp3) is 0.176. The lowest BCUT2D eigenvalue weighted by Crippen LogP contribution is -2.25. The third-order valence-electron chi connectivity index (χ3n) is 3.51. The Labute approximate surface area is 159 Å². The number of nitrogens with zero attached hydrogens (tertiary/aromatic N) is 4. The first-order chi connectivity index (χ1) is 12.6. The Morgan fingerprint density at radius 1 is 1.19 bits per heavy atom. The minimum atomic E-state index is -0.340. The molecule has 0 aliphatic heterocycles. The third kappa shape index (κ3) is 4.12. The van der Waals surface area contributed by atoms with Gasteiger partial charge in [0.15, 0.2) is 5.82 Å². The van der Waals surface area contributed by atoms with Crippen LogP contribution in [-0.2, 0) is 6.54 Å². The summed E-state index contributed by atoms with van der Waals surface area (Å²) in [6.45, 7) is 2.65. The SMILES string of the molecule is CCOc1ccc(-n2nnnc2CNC(=O)c2ccc(Cl)cc2Cl)cc1. The van der Waals surface area contributed by atoms with Crippen LogP contribution in [-0.4, -0.2) is 32.7 Å². The molecule has 1 heterocycles. The Kier molecular flexibility index (Phi) is 5.70. The zero-order chi connectivity index (χ0) is 18.5. The van der Waals surface area contributed by atoms with Crippen molar-refractivity contribution in [2.24, 2.45) is 0 Å². The highest BCUT2D eigenvalue weighted by molar-refractivity contribution is 6.36. The van der Waals surface area contributed by atoms with Crippen molar-refractivity contribution in [3.63, 3.8) is 0 Å². The molecule has 1 amide bonds. The molecule has 134 valence electrons. The molecule has 0 unspecified atom stereocenters. The van der Waals surface area contributed by atoms with Gasteiger partial charge in [0.25, 0.3) is 5.91 Å². The highest BCUT2D eigenvalue weighted by Gasteiger charge is 2.13. The highest BCUT2D eigenvalue weighted by atomic mass is 35.5. The van der Waals surface area contributed by atoms with E-state index in [2.05, 4.69) is 20.8 Å². The molecule has 26 heavy (non-hydrogen) atoms. The first kappa shape index (κ1) is 18.2. The average molecular weight is 392 g/mol. The van der Waals surface area contributed by atoms with Crippen LogP contribution in [0.4, 0.5) is 0 Å². The maximum Gasteiger partial charge on any atom is 0.253 e. The smallest absolute Gasteiger partial charge is 0.253 e. The van der Waals surface area contributed by atoms with Crippen molar-refractivity contribution < 1.29 is 9.53 Å². The van der Waals surface area contributed by atoms with E-state index in [-0.39, 0.29) is 17.5 Å². The van der Waals surface area contributed by atoms with E-state index in [4.69, 9.17) is 27.9 Å². The van der Waals surface area contributed by atoms with Crippen LogP contribution in [0.25, 0.3) is 5.69 Å². The van der Waals surface area contributed by atoms with Gasteiger partial charge in [-0.25, -0.2) is 0 Å². The topological polar surface area (TPSA) is 81.9 Å². The van der Waals surface area contributed by atoms with Gasteiger partial charge in [0.1, 0.15) is 5.75 Å². The molecule has 1 aromatic heterocycles. The lowest BCUT2D eigenvalue weighted by molar-refractivity contribution is 0.0950. The van der Waals surface area contributed by atoms with Crippen molar-refractivity contribution in [1.82, 2.24) is 25.5 Å². The van der Waals surface area contributed by atoms with Crippen LogP contribution in [0.3, 0.4) is 0 Å². The first-order valence-electron chi connectivity index (χ1n) is 7.82. The number of nitrogens with one attached hydrogen (secondary N) is 1. The molecule has 0 saturated carbocycles. The second-order valence-electron chi connectivity index (χ2n) is 5.24. The lowest BCUT2D eigenvalue weighted by Gasteiger charge is -2.08. The van der Waals surface area contributed by atoms with Gasteiger partial charge in [0.05, 0.1) is 29.4 Å². The molecule has 7 nitrogen and oxygen atoms in total. The van der Waals surface area contributed by atoms with Crippen molar-refractivity contribution in [2.45, 2.75) is 13.5 Å². The van der Waals surface area contributed by atoms with Gasteiger partial charge >= 0.3 is 0 Å². The van der Waals surface area contributed by atoms with Crippen LogP contribution >= 0.6 is 23.2 Å². The minimum Gasteiger partial charge on any atom is -0.494 e. The molecule has 0 saturated heterocycles. The van der Waals surface area contributed by atoms with Gasteiger partial charge in [0.2, 0.25) is 0 Å². The van der Waals surface area contributed by atoms with E-state index in [0.717, 1.165) is 11.4 Å². The molecule has 0 spiro atoms. The Bertz CT molecular complexity index is 912. The zero-order valence-electron chi connectivity index (χ0n) is 13.8. The molecular formula is C17H15Cl2N5O2. The van der Waals surface area contributed by atoms with Gasteiger partial charge in [-0.3, -0.25) is 4.79 Å². The van der Waals surface area contributed by atoms with Gasteiger partial charge in [-0.1, -0.05) is 23.2 Å². The quantitative estimate of drug-likeness (QED) is 0.696. The first-order valence-corrected chi connectivity index (χ1v) is 8.58. The second kappa shape index (κ2) is 8.16. The number of hydrogen-bond acceptors (Lipinski definition) is 5. The van der Waals surface area contributed by atoms with Gasteiger partial charge < -0.3 is 10.1 Å². The predicted molar refractivity (Wildman–Crippen MR) is 98.0 cm³/mol. The number of carbonyl (C=O) groups is 1. The number of carbonyl (C=O) groups excluding carboxylic acids is 1. The van der Waals surface area contributed by atoms with Crippen molar-refractivity contribution in [1.29, 1.82) is 0 Å². The number of halogens is 2. The van der Waals surface area contributed by atoms with Crippen LogP contribution in [0.2, 0.25) is 10.0 Å². The molecule has 9 heteroatoms. The van der Waals surface area contributed by atoms with E-state index in [1.807, 2.05) is 31.2 Å². The van der Waals surface area contributed by atoms with E-state index in [9.17, 15) is 4.79 Å². The van der Waals surface area contributed by atoms with Gasteiger partial charge in [-0.05, 0) is 59.8 Å². The van der Waals surface area contributed by atoms with Crippen molar-refractivity contribution in [3.05, 3.63) is 63.9 Å². The van der Waals surface area contributed by atoms with E-state index in [1.165, 1.54) is 6.07 Å². The zero-order valence-corrected chi connectivity index (χ0v) is 15.3. The minimum absolute atomic E-state index is 0.137. The molecule has 2 aromatic carbocycles. The predicted octanol–water partition coefficient (Wildman–Crippen LogP) is 3.30. The van der Waals surface area contributed by atoms with Crippen LogP contribution < -0.4 is 10.1 Å². The fourth-order valence-corrected chi connectivity index (χ4v) is 2.79. The Hall–Kier alpha value is -2.64. The fourth-order valence-electron chi connectivity index (χ4n) is 2.29. The normalized spacial score (nSPS) is 10.6. The molecule has 0 fully saturated rings. The summed E-state index contributed by atoms with van der Waals surface area (Å²) < 4.78 is 6.96. The summed E-state index contributed by atoms with van der Waals surface area (Å²) in [7, 11) is 0. The average Bonchev–Trinajstić information content (AvgIpc) is 3.09. The maximum absolute atomic E-state index is 12.3. The third-order valence-corrected chi connectivity index (χ3v) is 4.06. The van der Waals surface area contributed by atoms with Crippen molar-refractivity contribution >= 4 is 29.1 Å². The number of rotatable bonds is 6. The molecule has 3 rings (SSSR count). The molecule has 0 radical (unpaired) electrons. The van der Waals surface area contributed by atoms with Crippen LogP contribution in [0.15, 0.2) is 42.5 Å². The molecular weight excluding hydrogens is 377 g/mol. The van der Waals surface area contributed by atoms with E-state index >= 15 is 0 Å². The largest absolute Gasteiger partial charge is 0.494 e.